The van der Waals surface area contributed by atoms with Crippen molar-refractivity contribution in [2.24, 2.45) is 5.92 Å². The van der Waals surface area contributed by atoms with Gasteiger partial charge in [-0.25, -0.2) is 0 Å². The summed E-state index contributed by atoms with van der Waals surface area (Å²) in [5, 5.41) is 0. The second-order valence-electron chi connectivity index (χ2n) is 5.78. The zero-order valence-corrected chi connectivity index (χ0v) is 13.7. The van der Waals surface area contributed by atoms with Crippen molar-refractivity contribution in [3.8, 4) is 17.2 Å². The Morgan fingerprint density at radius 3 is 2.83 bits per heavy atom. The number of rotatable bonds is 5. The SMILES string of the molecule is CCN(C[C@@H]1CCOC1)C(=O)c1cc(OC)c2c(c1)OCCO2. The summed E-state index contributed by atoms with van der Waals surface area (Å²) in [6.07, 6.45) is 1.01. The number of ether oxygens (including phenoxy) is 4. The maximum absolute atomic E-state index is 12.9. The molecule has 3 rings (SSSR count). The summed E-state index contributed by atoms with van der Waals surface area (Å²) >= 11 is 0. The van der Waals surface area contributed by atoms with Crippen molar-refractivity contribution >= 4 is 5.91 Å². The fourth-order valence-electron chi connectivity index (χ4n) is 2.97. The molecule has 0 bridgehead atoms. The molecular formula is C17H23NO5. The van der Waals surface area contributed by atoms with Crippen LogP contribution in [0.2, 0.25) is 0 Å². The summed E-state index contributed by atoms with van der Waals surface area (Å²) in [6.45, 7) is 5.84. The summed E-state index contributed by atoms with van der Waals surface area (Å²) < 4.78 is 21.9. The van der Waals surface area contributed by atoms with Crippen LogP contribution in [0.25, 0.3) is 0 Å². The van der Waals surface area contributed by atoms with E-state index in [9.17, 15) is 4.79 Å². The molecule has 1 fully saturated rings. The van der Waals surface area contributed by atoms with E-state index in [0.29, 0.717) is 55.0 Å². The quantitative estimate of drug-likeness (QED) is 0.830. The average Bonchev–Trinajstić information content (AvgIpc) is 3.11. The largest absolute Gasteiger partial charge is 0.493 e. The molecule has 2 aliphatic rings. The molecule has 126 valence electrons. The van der Waals surface area contributed by atoms with Gasteiger partial charge < -0.3 is 23.8 Å². The van der Waals surface area contributed by atoms with Crippen LogP contribution in [0, 0.1) is 5.92 Å². The first-order chi connectivity index (χ1) is 11.2. The molecule has 0 spiro atoms. The lowest BCUT2D eigenvalue weighted by molar-refractivity contribution is 0.0729. The van der Waals surface area contributed by atoms with Gasteiger partial charge in [0, 0.05) is 31.2 Å². The van der Waals surface area contributed by atoms with Gasteiger partial charge in [0.2, 0.25) is 5.75 Å². The average molecular weight is 321 g/mol. The lowest BCUT2D eigenvalue weighted by Crippen LogP contribution is -2.35. The molecule has 23 heavy (non-hydrogen) atoms. The van der Waals surface area contributed by atoms with E-state index in [2.05, 4.69) is 0 Å². The van der Waals surface area contributed by atoms with Gasteiger partial charge in [-0.15, -0.1) is 0 Å². The number of carbonyl (C=O) groups excluding carboxylic acids is 1. The molecule has 0 N–H and O–H groups in total. The minimum absolute atomic E-state index is 0.0188. The maximum Gasteiger partial charge on any atom is 0.254 e. The van der Waals surface area contributed by atoms with Crippen LogP contribution in [0.4, 0.5) is 0 Å². The number of methoxy groups -OCH3 is 1. The monoisotopic (exact) mass is 321 g/mol. The fraction of sp³-hybridized carbons (Fsp3) is 0.588. The van der Waals surface area contributed by atoms with Crippen LogP contribution in [0.3, 0.4) is 0 Å². The van der Waals surface area contributed by atoms with Crippen LogP contribution in [0.1, 0.15) is 23.7 Å². The molecule has 6 heteroatoms. The third-order valence-corrected chi connectivity index (χ3v) is 4.25. The Kier molecular flexibility index (Phi) is 4.91. The van der Waals surface area contributed by atoms with Gasteiger partial charge in [-0.2, -0.15) is 0 Å². The summed E-state index contributed by atoms with van der Waals surface area (Å²) in [5.74, 6) is 2.07. The molecule has 1 aromatic rings. The smallest absolute Gasteiger partial charge is 0.254 e. The highest BCUT2D eigenvalue weighted by Gasteiger charge is 2.25. The second kappa shape index (κ2) is 7.08. The van der Waals surface area contributed by atoms with Crippen LogP contribution < -0.4 is 14.2 Å². The molecule has 2 heterocycles. The molecule has 1 amide bonds. The van der Waals surface area contributed by atoms with E-state index >= 15 is 0 Å². The van der Waals surface area contributed by atoms with Gasteiger partial charge in [0.1, 0.15) is 13.2 Å². The van der Waals surface area contributed by atoms with Crippen LogP contribution in [-0.4, -0.2) is 57.4 Å². The number of nitrogens with zero attached hydrogens (tertiary/aromatic N) is 1. The van der Waals surface area contributed by atoms with Crippen LogP contribution in [-0.2, 0) is 4.74 Å². The number of amides is 1. The first-order valence-electron chi connectivity index (χ1n) is 8.07. The van der Waals surface area contributed by atoms with Gasteiger partial charge in [0.25, 0.3) is 5.91 Å². The van der Waals surface area contributed by atoms with Gasteiger partial charge >= 0.3 is 0 Å². The second-order valence-corrected chi connectivity index (χ2v) is 5.78. The summed E-state index contributed by atoms with van der Waals surface area (Å²) in [6, 6.07) is 3.47. The number of hydrogen-bond donors (Lipinski definition) is 0. The van der Waals surface area contributed by atoms with Crippen LogP contribution in [0.15, 0.2) is 12.1 Å². The van der Waals surface area contributed by atoms with Gasteiger partial charge in [-0.05, 0) is 25.5 Å². The zero-order chi connectivity index (χ0) is 16.2. The lowest BCUT2D eigenvalue weighted by Gasteiger charge is -2.25. The van der Waals surface area contributed by atoms with Crippen LogP contribution in [0.5, 0.6) is 17.2 Å². The van der Waals surface area contributed by atoms with E-state index in [-0.39, 0.29) is 5.91 Å². The predicted molar refractivity (Wildman–Crippen MR) is 84.5 cm³/mol. The van der Waals surface area contributed by atoms with E-state index in [4.69, 9.17) is 18.9 Å². The molecule has 1 saturated heterocycles. The Hall–Kier alpha value is -1.95. The molecule has 6 nitrogen and oxygen atoms in total. The molecule has 0 unspecified atom stereocenters. The topological polar surface area (TPSA) is 57.2 Å². The molecule has 1 atom stereocenters. The van der Waals surface area contributed by atoms with E-state index in [0.717, 1.165) is 19.6 Å². The van der Waals surface area contributed by atoms with Crippen LogP contribution >= 0.6 is 0 Å². The normalized spacial score (nSPS) is 19.5. The number of hydrogen-bond acceptors (Lipinski definition) is 5. The highest BCUT2D eigenvalue weighted by atomic mass is 16.6. The maximum atomic E-state index is 12.9. The molecule has 0 saturated carbocycles. The fourth-order valence-corrected chi connectivity index (χ4v) is 2.97. The Labute approximate surface area is 136 Å². The van der Waals surface area contributed by atoms with Crippen molar-refractivity contribution in [1.82, 2.24) is 4.90 Å². The molecular weight excluding hydrogens is 298 g/mol. The standard InChI is InChI=1S/C17H23NO5/c1-3-18(10-12-4-5-21-11-12)17(19)13-8-14(20-2)16-15(9-13)22-6-7-23-16/h8-9,12H,3-7,10-11H2,1-2H3/t12-/m0/s1. The predicted octanol–water partition coefficient (Wildman–Crippen LogP) is 1.96. The molecule has 0 aliphatic carbocycles. The zero-order valence-electron chi connectivity index (χ0n) is 13.7. The first-order valence-corrected chi connectivity index (χ1v) is 8.07. The molecule has 0 aromatic heterocycles. The minimum atomic E-state index is -0.0188. The van der Waals surface area contributed by atoms with Crippen molar-refractivity contribution in [3.05, 3.63) is 17.7 Å². The van der Waals surface area contributed by atoms with Gasteiger partial charge in [-0.3, -0.25) is 4.79 Å². The third kappa shape index (κ3) is 3.37. The Balaban J connectivity index is 1.82. The highest BCUT2D eigenvalue weighted by Crippen LogP contribution is 2.40. The summed E-state index contributed by atoms with van der Waals surface area (Å²) in [5.41, 5.74) is 0.562. The van der Waals surface area contributed by atoms with Gasteiger partial charge in [-0.1, -0.05) is 0 Å². The molecule has 0 radical (unpaired) electrons. The van der Waals surface area contributed by atoms with E-state index in [1.165, 1.54) is 0 Å². The highest BCUT2D eigenvalue weighted by molar-refractivity contribution is 5.95. The summed E-state index contributed by atoms with van der Waals surface area (Å²) in [7, 11) is 1.56. The van der Waals surface area contributed by atoms with Gasteiger partial charge in [0.15, 0.2) is 11.5 Å². The third-order valence-electron chi connectivity index (χ3n) is 4.25. The lowest BCUT2D eigenvalue weighted by atomic mass is 10.1. The van der Waals surface area contributed by atoms with E-state index < -0.39 is 0 Å². The Morgan fingerprint density at radius 2 is 2.13 bits per heavy atom. The number of fused-ring (bicyclic) bond motifs is 1. The van der Waals surface area contributed by atoms with Crippen molar-refractivity contribution < 1.29 is 23.7 Å². The summed E-state index contributed by atoms with van der Waals surface area (Å²) in [4.78, 5) is 14.7. The van der Waals surface area contributed by atoms with Gasteiger partial charge in [0.05, 0.1) is 13.7 Å². The van der Waals surface area contributed by atoms with Crippen molar-refractivity contribution in [2.45, 2.75) is 13.3 Å². The Bertz CT molecular complexity index is 551. The number of benzene rings is 1. The van der Waals surface area contributed by atoms with E-state index in [1.807, 2.05) is 11.8 Å². The van der Waals surface area contributed by atoms with Crippen molar-refractivity contribution in [2.75, 3.05) is 46.6 Å². The van der Waals surface area contributed by atoms with E-state index in [1.54, 1.807) is 19.2 Å². The Morgan fingerprint density at radius 1 is 1.30 bits per heavy atom. The molecule has 2 aliphatic heterocycles. The number of carbonyl (C=O) groups is 1. The van der Waals surface area contributed by atoms with Crippen molar-refractivity contribution in [1.29, 1.82) is 0 Å². The molecule has 1 aromatic carbocycles. The van der Waals surface area contributed by atoms with Crippen molar-refractivity contribution in [3.63, 3.8) is 0 Å². The minimum Gasteiger partial charge on any atom is -0.493 e. The first kappa shape index (κ1) is 15.9.